The number of nitrogens with zero attached hydrogens (tertiary/aromatic N) is 5. The smallest absolute Gasteiger partial charge is 0.223 e. The molecule has 0 spiro atoms. The number of pyridine rings is 1. The molecule has 212 valence electrons. The van der Waals surface area contributed by atoms with E-state index in [9.17, 15) is 12.8 Å². The quantitative estimate of drug-likeness (QED) is 0.235. The average Bonchev–Trinajstić information content (AvgIpc) is 3.32. The van der Waals surface area contributed by atoms with Gasteiger partial charge in [0.25, 0.3) is 0 Å². The van der Waals surface area contributed by atoms with Crippen LogP contribution in [0.1, 0.15) is 24.1 Å². The molecule has 2 aromatic carbocycles. The summed E-state index contributed by atoms with van der Waals surface area (Å²) in [6.45, 7) is 3.54. The van der Waals surface area contributed by atoms with Gasteiger partial charge < -0.3 is 10.2 Å². The van der Waals surface area contributed by atoms with Gasteiger partial charge in [0.1, 0.15) is 11.5 Å². The standard InChI is InChI=1S/C30H32FN7O2S/c1-21(23-7-5-4-6-8-23)34-30-32-15-13-26(35-30)29-28(24-9-11-25(31)12-10-24)36-27-19-22(14-17-38(27)29)20-37(2)18-16-33-41(3,39)40/h4-15,17,19,21,33H,16,18,20H2,1-3H3,(H,32,34,35)/t21-/m0/s1. The Morgan fingerprint density at radius 3 is 2.51 bits per heavy atom. The van der Waals surface area contributed by atoms with E-state index >= 15 is 0 Å². The summed E-state index contributed by atoms with van der Waals surface area (Å²) in [5, 5.41) is 3.38. The molecule has 3 aromatic heterocycles. The van der Waals surface area contributed by atoms with Crippen LogP contribution in [0.25, 0.3) is 28.3 Å². The predicted molar refractivity (Wildman–Crippen MR) is 159 cm³/mol. The van der Waals surface area contributed by atoms with E-state index in [-0.39, 0.29) is 11.9 Å². The van der Waals surface area contributed by atoms with E-state index in [4.69, 9.17) is 9.97 Å². The highest BCUT2D eigenvalue weighted by Crippen LogP contribution is 2.33. The highest BCUT2D eigenvalue weighted by Gasteiger charge is 2.19. The first-order chi connectivity index (χ1) is 19.7. The van der Waals surface area contributed by atoms with Gasteiger partial charge in [0, 0.05) is 37.6 Å². The van der Waals surface area contributed by atoms with Crippen LogP contribution in [0.2, 0.25) is 0 Å². The first-order valence-electron chi connectivity index (χ1n) is 13.2. The molecule has 2 N–H and O–H groups in total. The molecule has 0 aliphatic carbocycles. The Hall–Kier alpha value is -4.19. The van der Waals surface area contributed by atoms with Crippen LogP contribution in [0.3, 0.4) is 0 Å². The molecule has 11 heteroatoms. The SMILES string of the molecule is C[C@H](Nc1nccc(-c2c(-c3ccc(F)cc3)nc3cc(CN(C)CCNS(C)(=O)=O)ccn23)n1)c1ccccc1. The highest BCUT2D eigenvalue weighted by atomic mass is 32.2. The Balaban J connectivity index is 1.48. The summed E-state index contributed by atoms with van der Waals surface area (Å²) in [6.07, 6.45) is 4.81. The van der Waals surface area contributed by atoms with Crippen LogP contribution in [0, 0.1) is 5.82 Å². The molecule has 0 aliphatic rings. The van der Waals surface area contributed by atoms with Crippen molar-refractivity contribution in [3.8, 4) is 22.6 Å². The minimum absolute atomic E-state index is 0.00242. The Labute approximate surface area is 239 Å². The number of rotatable bonds is 11. The first kappa shape index (κ1) is 28.3. The molecule has 0 radical (unpaired) electrons. The monoisotopic (exact) mass is 573 g/mol. The Morgan fingerprint density at radius 2 is 1.78 bits per heavy atom. The van der Waals surface area contributed by atoms with Crippen LogP contribution < -0.4 is 10.0 Å². The molecule has 9 nitrogen and oxygen atoms in total. The van der Waals surface area contributed by atoms with E-state index in [1.165, 1.54) is 12.1 Å². The van der Waals surface area contributed by atoms with Gasteiger partial charge in [-0.15, -0.1) is 0 Å². The number of nitrogens with one attached hydrogen (secondary N) is 2. The van der Waals surface area contributed by atoms with Gasteiger partial charge in [0.2, 0.25) is 16.0 Å². The normalized spacial score (nSPS) is 12.6. The van der Waals surface area contributed by atoms with Gasteiger partial charge in [-0.25, -0.2) is 32.5 Å². The number of aromatic nitrogens is 4. The van der Waals surface area contributed by atoms with Crippen LogP contribution in [0.4, 0.5) is 10.3 Å². The van der Waals surface area contributed by atoms with Crippen molar-refractivity contribution in [1.29, 1.82) is 0 Å². The number of benzene rings is 2. The lowest BCUT2D eigenvalue weighted by molar-refractivity contribution is 0.332. The lowest BCUT2D eigenvalue weighted by Crippen LogP contribution is -2.32. The van der Waals surface area contributed by atoms with Crippen molar-refractivity contribution in [2.45, 2.75) is 19.5 Å². The van der Waals surface area contributed by atoms with Crippen molar-refractivity contribution in [2.75, 3.05) is 31.7 Å². The molecular formula is C30H32FN7O2S. The van der Waals surface area contributed by atoms with Crippen LogP contribution in [-0.4, -0.2) is 59.1 Å². The van der Waals surface area contributed by atoms with Crippen LogP contribution >= 0.6 is 0 Å². The summed E-state index contributed by atoms with van der Waals surface area (Å²) in [4.78, 5) is 16.3. The summed E-state index contributed by atoms with van der Waals surface area (Å²) in [6, 6.07) is 22.2. The second-order valence-corrected chi connectivity index (χ2v) is 11.9. The zero-order valence-corrected chi connectivity index (χ0v) is 23.9. The third kappa shape index (κ3) is 7.12. The summed E-state index contributed by atoms with van der Waals surface area (Å²) < 4.78 is 41.0. The van der Waals surface area contributed by atoms with Crippen LogP contribution in [0.15, 0.2) is 85.2 Å². The highest BCUT2D eigenvalue weighted by molar-refractivity contribution is 7.88. The van der Waals surface area contributed by atoms with Crippen molar-refractivity contribution < 1.29 is 12.8 Å². The zero-order valence-electron chi connectivity index (χ0n) is 23.1. The molecule has 5 aromatic rings. The molecule has 1 atom stereocenters. The molecule has 0 unspecified atom stereocenters. The average molecular weight is 574 g/mol. The number of imidazole rings is 1. The van der Waals surface area contributed by atoms with E-state index in [0.29, 0.717) is 42.6 Å². The molecule has 41 heavy (non-hydrogen) atoms. The fraction of sp³-hybridized carbons (Fsp3) is 0.233. The Bertz CT molecular complexity index is 1740. The second-order valence-electron chi connectivity index (χ2n) is 10.0. The van der Waals surface area contributed by atoms with Gasteiger partial charge in [-0.2, -0.15) is 0 Å². The Kier molecular flexibility index (Phi) is 8.39. The fourth-order valence-corrected chi connectivity index (χ4v) is 5.09. The minimum atomic E-state index is -3.23. The largest absolute Gasteiger partial charge is 0.348 e. The first-order valence-corrected chi connectivity index (χ1v) is 15.1. The predicted octanol–water partition coefficient (Wildman–Crippen LogP) is 4.75. The topological polar surface area (TPSA) is 105 Å². The summed E-state index contributed by atoms with van der Waals surface area (Å²) in [7, 11) is -1.30. The van der Waals surface area contributed by atoms with Gasteiger partial charge >= 0.3 is 0 Å². The van der Waals surface area contributed by atoms with Gasteiger partial charge in [0.15, 0.2) is 0 Å². The lowest BCUT2D eigenvalue weighted by Gasteiger charge is -2.17. The van der Waals surface area contributed by atoms with E-state index in [2.05, 4.69) is 34.1 Å². The maximum atomic E-state index is 13.8. The molecule has 0 saturated heterocycles. The molecule has 0 bridgehead atoms. The number of fused-ring (bicyclic) bond motifs is 1. The zero-order chi connectivity index (χ0) is 29.0. The minimum Gasteiger partial charge on any atom is -0.348 e. The maximum Gasteiger partial charge on any atom is 0.223 e. The molecular weight excluding hydrogens is 541 g/mol. The molecule has 0 aliphatic heterocycles. The van der Waals surface area contributed by atoms with Crippen molar-refractivity contribution in [3.05, 3.63) is 102 Å². The number of sulfonamides is 1. The van der Waals surface area contributed by atoms with Gasteiger partial charge in [0.05, 0.1) is 29.4 Å². The molecule has 3 heterocycles. The molecule has 5 rings (SSSR count). The molecule has 0 fully saturated rings. The van der Waals surface area contributed by atoms with Crippen molar-refractivity contribution >= 4 is 21.6 Å². The van der Waals surface area contributed by atoms with Crippen molar-refractivity contribution in [3.63, 3.8) is 0 Å². The van der Waals surface area contributed by atoms with Gasteiger partial charge in [-0.05, 0) is 67.6 Å². The van der Waals surface area contributed by atoms with Gasteiger partial charge in [-0.3, -0.25) is 4.40 Å². The van der Waals surface area contributed by atoms with Crippen molar-refractivity contribution in [2.24, 2.45) is 0 Å². The third-order valence-electron chi connectivity index (χ3n) is 6.66. The summed E-state index contributed by atoms with van der Waals surface area (Å²) >= 11 is 0. The Morgan fingerprint density at radius 1 is 1.02 bits per heavy atom. The summed E-state index contributed by atoms with van der Waals surface area (Å²) in [5.74, 6) is 0.165. The van der Waals surface area contributed by atoms with Gasteiger partial charge in [-0.1, -0.05) is 30.3 Å². The second kappa shape index (κ2) is 12.1. The maximum absolute atomic E-state index is 13.8. The number of anilines is 1. The van der Waals surface area contributed by atoms with E-state index in [0.717, 1.165) is 28.6 Å². The van der Waals surface area contributed by atoms with Crippen LogP contribution in [-0.2, 0) is 16.6 Å². The number of hydrogen-bond donors (Lipinski definition) is 2. The van der Waals surface area contributed by atoms with E-state index in [1.54, 1.807) is 18.3 Å². The molecule has 0 saturated carbocycles. The summed E-state index contributed by atoms with van der Waals surface area (Å²) in [5.41, 5.74) is 5.73. The van der Waals surface area contributed by atoms with E-state index < -0.39 is 10.0 Å². The van der Waals surface area contributed by atoms with Crippen molar-refractivity contribution in [1.82, 2.24) is 29.0 Å². The number of hydrogen-bond acceptors (Lipinski definition) is 7. The van der Waals surface area contributed by atoms with E-state index in [1.807, 2.05) is 58.9 Å². The third-order valence-corrected chi connectivity index (χ3v) is 7.39. The number of likely N-dealkylation sites (N-methyl/N-ethyl adjacent to an activating group) is 1. The fourth-order valence-electron chi connectivity index (χ4n) is 4.63. The lowest BCUT2D eigenvalue weighted by atomic mass is 10.1. The number of halogens is 1. The molecule has 0 amide bonds. The van der Waals surface area contributed by atoms with Crippen LogP contribution in [0.5, 0.6) is 0 Å².